The van der Waals surface area contributed by atoms with Crippen LogP contribution in [0.2, 0.25) is 0 Å². The summed E-state index contributed by atoms with van der Waals surface area (Å²) in [6.45, 7) is 4.78. The van der Waals surface area contributed by atoms with Gasteiger partial charge >= 0.3 is 6.03 Å². The lowest BCUT2D eigenvalue weighted by molar-refractivity contribution is 0.248. The van der Waals surface area contributed by atoms with Crippen molar-refractivity contribution in [3.63, 3.8) is 0 Å². The van der Waals surface area contributed by atoms with Crippen LogP contribution in [0.3, 0.4) is 0 Å². The van der Waals surface area contributed by atoms with E-state index in [-0.39, 0.29) is 18.0 Å². The Morgan fingerprint density at radius 1 is 1.04 bits per heavy atom. The van der Waals surface area contributed by atoms with Crippen LogP contribution in [0.1, 0.15) is 30.9 Å². The fourth-order valence-corrected chi connectivity index (χ4v) is 2.81. The molecule has 2 aromatic carbocycles. The van der Waals surface area contributed by atoms with Crippen molar-refractivity contribution in [3.8, 4) is 0 Å². The van der Waals surface area contributed by atoms with Crippen LogP contribution in [-0.4, -0.2) is 26.8 Å². The Bertz CT molecular complexity index is 832. The minimum absolute atomic E-state index is 0.0117. The summed E-state index contributed by atoms with van der Waals surface area (Å²) in [5, 5.41) is 13.5. The van der Waals surface area contributed by atoms with Crippen LogP contribution in [0.15, 0.2) is 67.3 Å². The second kappa shape index (κ2) is 8.29. The van der Waals surface area contributed by atoms with E-state index in [0.717, 1.165) is 11.3 Å². The maximum absolute atomic E-state index is 12.3. The predicted molar refractivity (Wildman–Crippen MR) is 102 cm³/mol. The fourth-order valence-electron chi connectivity index (χ4n) is 2.81. The zero-order valence-electron chi connectivity index (χ0n) is 15.0. The molecule has 1 heterocycles. The van der Waals surface area contributed by atoms with Gasteiger partial charge < -0.3 is 15.2 Å². The smallest absolute Gasteiger partial charge is 0.319 e. The molecular formula is C20H23N5O. The van der Waals surface area contributed by atoms with Crippen LogP contribution in [0.4, 0.5) is 10.5 Å². The van der Waals surface area contributed by atoms with Crippen LogP contribution >= 0.6 is 0 Å². The van der Waals surface area contributed by atoms with Crippen LogP contribution in [0, 0.1) is 0 Å². The minimum atomic E-state index is -0.207. The first-order chi connectivity index (χ1) is 12.6. The van der Waals surface area contributed by atoms with Crippen molar-refractivity contribution in [3.05, 3.63) is 78.4 Å². The Morgan fingerprint density at radius 2 is 1.77 bits per heavy atom. The highest BCUT2D eigenvalue weighted by Crippen LogP contribution is 2.19. The van der Waals surface area contributed by atoms with Crippen molar-refractivity contribution >= 4 is 11.7 Å². The van der Waals surface area contributed by atoms with Crippen molar-refractivity contribution in [1.29, 1.82) is 0 Å². The van der Waals surface area contributed by atoms with E-state index in [1.54, 1.807) is 12.7 Å². The zero-order chi connectivity index (χ0) is 18.4. The predicted octanol–water partition coefficient (Wildman–Crippen LogP) is 3.64. The number of nitrogens with zero attached hydrogens (tertiary/aromatic N) is 3. The van der Waals surface area contributed by atoms with E-state index in [2.05, 4.69) is 39.9 Å². The van der Waals surface area contributed by atoms with E-state index in [1.165, 1.54) is 5.56 Å². The molecule has 0 aliphatic heterocycles. The summed E-state index contributed by atoms with van der Waals surface area (Å²) in [6.07, 6.45) is 3.33. The fraction of sp³-hybridized carbons (Fsp3) is 0.250. The van der Waals surface area contributed by atoms with Gasteiger partial charge in [0.05, 0.1) is 6.54 Å². The number of anilines is 1. The van der Waals surface area contributed by atoms with Crippen LogP contribution < -0.4 is 10.6 Å². The second-order valence-corrected chi connectivity index (χ2v) is 6.42. The molecule has 0 spiro atoms. The maximum atomic E-state index is 12.3. The van der Waals surface area contributed by atoms with E-state index >= 15 is 0 Å². The van der Waals surface area contributed by atoms with E-state index in [1.807, 2.05) is 54.0 Å². The average molecular weight is 349 g/mol. The lowest BCUT2D eigenvalue weighted by Crippen LogP contribution is -2.39. The van der Waals surface area contributed by atoms with Crippen LogP contribution in [-0.2, 0) is 6.54 Å². The molecule has 6 nitrogen and oxygen atoms in total. The van der Waals surface area contributed by atoms with Gasteiger partial charge in [-0.25, -0.2) is 4.79 Å². The lowest BCUT2D eigenvalue weighted by atomic mass is 9.95. The highest BCUT2D eigenvalue weighted by Gasteiger charge is 2.16. The number of amides is 2. The summed E-state index contributed by atoms with van der Waals surface area (Å²) in [6, 6.07) is 17.7. The molecule has 0 saturated carbocycles. The van der Waals surface area contributed by atoms with Gasteiger partial charge in [-0.05, 0) is 30.2 Å². The van der Waals surface area contributed by atoms with Crippen LogP contribution in [0.25, 0.3) is 0 Å². The molecule has 0 radical (unpaired) electrons. The molecule has 0 saturated heterocycles. The van der Waals surface area contributed by atoms with Gasteiger partial charge in [0, 0.05) is 17.6 Å². The lowest BCUT2D eigenvalue weighted by Gasteiger charge is -2.22. The van der Waals surface area contributed by atoms with Gasteiger partial charge in [-0.3, -0.25) is 0 Å². The first-order valence-electron chi connectivity index (χ1n) is 8.65. The standard InChI is InChI=1S/C20H23N5O/c1-15(18-8-4-3-5-9-18)16(2)23-20(26)24-19-10-6-7-17(11-19)12-25-13-21-22-14-25/h3-11,13-16H,12H2,1-2H3,(H2,23,24,26)/t15-,16+/m1/s1. The van der Waals surface area contributed by atoms with Crippen molar-refractivity contribution < 1.29 is 4.79 Å². The van der Waals surface area contributed by atoms with Gasteiger partial charge in [-0.1, -0.05) is 49.4 Å². The second-order valence-electron chi connectivity index (χ2n) is 6.42. The molecule has 1 aromatic heterocycles. The van der Waals surface area contributed by atoms with Crippen LogP contribution in [0.5, 0.6) is 0 Å². The number of carbonyl (C=O) groups is 1. The SMILES string of the molecule is C[C@H](NC(=O)Nc1cccc(Cn2cnnc2)c1)[C@@H](C)c1ccccc1. The summed E-state index contributed by atoms with van der Waals surface area (Å²) in [4.78, 5) is 12.3. The molecule has 0 unspecified atom stereocenters. The largest absolute Gasteiger partial charge is 0.335 e. The first-order valence-corrected chi connectivity index (χ1v) is 8.65. The summed E-state index contributed by atoms with van der Waals surface area (Å²) in [7, 11) is 0. The number of carbonyl (C=O) groups excluding carboxylic acids is 1. The Kier molecular flexibility index (Phi) is 5.63. The highest BCUT2D eigenvalue weighted by atomic mass is 16.2. The number of rotatable bonds is 6. The quantitative estimate of drug-likeness (QED) is 0.714. The summed E-state index contributed by atoms with van der Waals surface area (Å²) >= 11 is 0. The molecule has 3 aromatic rings. The molecule has 2 amide bonds. The Morgan fingerprint density at radius 3 is 2.50 bits per heavy atom. The average Bonchev–Trinajstić information content (AvgIpc) is 3.15. The number of benzene rings is 2. The molecule has 2 N–H and O–H groups in total. The van der Waals surface area contributed by atoms with Crippen molar-refractivity contribution in [2.45, 2.75) is 32.4 Å². The maximum Gasteiger partial charge on any atom is 0.319 e. The zero-order valence-corrected chi connectivity index (χ0v) is 15.0. The van der Waals surface area contributed by atoms with Gasteiger partial charge in [-0.2, -0.15) is 0 Å². The van der Waals surface area contributed by atoms with E-state index in [0.29, 0.717) is 6.54 Å². The Hall–Kier alpha value is -3.15. The normalized spacial score (nSPS) is 13.0. The summed E-state index contributed by atoms with van der Waals surface area (Å²) in [5.41, 5.74) is 3.03. The molecule has 134 valence electrons. The Labute approximate surface area is 153 Å². The van der Waals surface area contributed by atoms with Crippen molar-refractivity contribution in [2.24, 2.45) is 0 Å². The number of hydrogen-bond acceptors (Lipinski definition) is 3. The molecule has 3 rings (SSSR count). The third kappa shape index (κ3) is 4.69. The topological polar surface area (TPSA) is 71.8 Å². The number of aromatic nitrogens is 3. The summed E-state index contributed by atoms with van der Waals surface area (Å²) in [5.74, 6) is 0.224. The number of hydrogen-bond donors (Lipinski definition) is 2. The molecule has 0 bridgehead atoms. The van der Waals surface area contributed by atoms with E-state index < -0.39 is 0 Å². The van der Waals surface area contributed by atoms with Crippen molar-refractivity contribution in [1.82, 2.24) is 20.1 Å². The third-order valence-corrected chi connectivity index (χ3v) is 4.45. The van der Waals surface area contributed by atoms with E-state index in [9.17, 15) is 4.79 Å². The minimum Gasteiger partial charge on any atom is -0.335 e. The molecule has 0 aliphatic rings. The number of urea groups is 1. The molecule has 6 heteroatoms. The van der Waals surface area contributed by atoms with Crippen molar-refractivity contribution in [2.75, 3.05) is 5.32 Å². The molecule has 26 heavy (non-hydrogen) atoms. The van der Waals surface area contributed by atoms with Gasteiger partial charge in [-0.15, -0.1) is 10.2 Å². The molecular weight excluding hydrogens is 326 g/mol. The molecule has 0 fully saturated rings. The monoisotopic (exact) mass is 349 g/mol. The number of nitrogens with one attached hydrogen (secondary N) is 2. The van der Waals surface area contributed by atoms with Gasteiger partial charge in [0.15, 0.2) is 0 Å². The Balaban J connectivity index is 1.57. The highest BCUT2D eigenvalue weighted by molar-refractivity contribution is 5.89. The van der Waals surface area contributed by atoms with Gasteiger partial charge in [0.25, 0.3) is 0 Å². The van der Waals surface area contributed by atoms with E-state index in [4.69, 9.17) is 0 Å². The van der Waals surface area contributed by atoms with Gasteiger partial charge in [0.2, 0.25) is 0 Å². The molecule has 0 aliphatic carbocycles. The van der Waals surface area contributed by atoms with Gasteiger partial charge in [0.1, 0.15) is 12.7 Å². The third-order valence-electron chi connectivity index (χ3n) is 4.45. The molecule has 2 atom stereocenters. The summed E-state index contributed by atoms with van der Waals surface area (Å²) < 4.78 is 1.88. The first kappa shape index (κ1) is 17.7.